The van der Waals surface area contributed by atoms with Crippen LogP contribution in [0.4, 0.5) is 11.6 Å². The summed E-state index contributed by atoms with van der Waals surface area (Å²) in [6.07, 6.45) is 5.92. The van der Waals surface area contributed by atoms with E-state index in [1.54, 1.807) is 19.5 Å². The first-order valence-corrected chi connectivity index (χ1v) is 9.76. The SMILES string of the molecule is COc1cccc(N=CC(=CN)c2ccnc(NCCCN3CCOCC3)n2)c1. The molecule has 8 heteroatoms. The maximum Gasteiger partial charge on any atom is 0.223 e. The number of anilines is 1. The molecule has 0 unspecified atom stereocenters. The molecule has 8 nitrogen and oxygen atoms in total. The van der Waals surface area contributed by atoms with Gasteiger partial charge in [0.25, 0.3) is 0 Å². The molecule has 0 radical (unpaired) electrons. The summed E-state index contributed by atoms with van der Waals surface area (Å²) in [5.74, 6) is 1.34. The van der Waals surface area contributed by atoms with Crippen molar-refractivity contribution in [1.82, 2.24) is 14.9 Å². The van der Waals surface area contributed by atoms with E-state index in [-0.39, 0.29) is 0 Å². The smallest absolute Gasteiger partial charge is 0.223 e. The van der Waals surface area contributed by atoms with Gasteiger partial charge in [0.2, 0.25) is 5.95 Å². The predicted octanol–water partition coefficient (Wildman–Crippen LogP) is 2.32. The van der Waals surface area contributed by atoms with E-state index >= 15 is 0 Å². The molecule has 1 aliphatic rings. The van der Waals surface area contributed by atoms with Gasteiger partial charge in [-0.3, -0.25) is 9.89 Å². The van der Waals surface area contributed by atoms with Crippen LogP contribution in [0.2, 0.25) is 0 Å². The quantitative estimate of drug-likeness (QED) is 0.496. The molecule has 3 N–H and O–H groups in total. The average molecular weight is 396 g/mol. The number of nitrogens with two attached hydrogens (primary N) is 1. The zero-order valence-corrected chi connectivity index (χ0v) is 16.8. The molecule has 3 rings (SSSR count). The van der Waals surface area contributed by atoms with Crippen LogP contribution in [0.15, 0.2) is 47.7 Å². The number of hydrogen-bond donors (Lipinski definition) is 2. The molecule has 0 spiro atoms. The third-order valence-corrected chi connectivity index (χ3v) is 4.57. The van der Waals surface area contributed by atoms with Gasteiger partial charge in [-0.2, -0.15) is 0 Å². The normalized spacial score (nSPS) is 15.6. The van der Waals surface area contributed by atoms with E-state index in [2.05, 4.69) is 25.2 Å². The molecule has 1 fully saturated rings. The number of morpholine rings is 1. The minimum Gasteiger partial charge on any atom is -0.497 e. The van der Waals surface area contributed by atoms with Crippen LogP contribution in [0.25, 0.3) is 5.57 Å². The molecule has 0 amide bonds. The van der Waals surface area contributed by atoms with Gasteiger partial charge in [-0.1, -0.05) is 6.07 Å². The first kappa shape index (κ1) is 20.8. The lowest BCUT2D eigenvalue weighted by atomic mass is 10.2. The maximum atomic E-state index is 5.80. The Morgan fingerprint density at radius 2 is 2.21 bits per heavy atom. The van der Waals surface area contributed by atoms with E-state index < -0.39 is 0 Å². The molecule has 2 aromatic rings. The lowest BCUT2D eigenvalue weighted by Crippen LogP contribution is -2.37. The molecule has 2 heterocycles. The van der Waals surface area contributed by atoms with Crippen molar-refractivity contribution < 1.29 is 9.47 Å². The van der Waals surface area contributed by atoms with Crippen molar-refractivity contribution >= 4 is 23.4 Å². The molecule has 1 aliphatic heterocycles. The van der Waals surface area contributed by atoms with Crippen LogP contribution in [-0.4, -0.2) is 67.6 Å². The number of nitrogens with one attached hydrogen (secondary N) is 1. The Labute approximate surface area is 171 Å². The highest BCUT2D eigenvalue weighted by Gasteiger charge is 2.09. The van der Waals surface area contributed by atoms with Gasteiger partial charge in [0, 0.05) is 49.9 Å². The highest BCUT2D eigenvalue weighted by Crippen LogP contribution is 2.20. The summed E-state index contributed by atoms with van der Waals surface area (Å²) in [5.41, 5.74) is 8.01. The summed E-state index contributed by atoms with van der Waals surface area (Å²) in [6, 6.07) is 9.33. The van der Waals surface area contributed by atoms with Gasteiger partial charge in [0.05, 0.1) is 31.7 Å². The lowest BCUT2D eigenvalue weighted by molar-refractivity contribution is 0.0378. The second-order valence-electron chi connectivity index (χ2n) is 6.58. The van der Waals surface area contributed by atoms with Crippen LogP contribution in [0.3, 0.4) is 0 Å². The van der Waals surface area contributed by atoms with Crippen molar-refractivity contribution in [3.8, 4) is 5.75 Å². The second kappa shape index (κ2) is 11.1. The fourth-order valence-electron chi connectivity index (χ4n) is 2.96. The Balaban J connectivity index is 1.55. The summed E-state index contributed by atoms with van der Waals surface area (Å²) in [4.78, 5) is 15.7. The van der Waals surface area contributed by atoms with Gasteiger partial charge >= 0.3 is 0 Å². The Bertz CT molecular complexity index is 833. The van der Waals surface area contributed by atoms with E-state index in [0.717, 1.165) is 57.3 Å². The fourth-order valence-corrected chi connectivity index (χ4v) is 2.96. The molecule has 0 bridgehead atoms. The number of allylic oxidation sites excluding steroid dienone is 1. The zero-order valence-electron chi connectivity index (χ0n) is 16.8. The van der Waals surface area contributed by atoms with Crippen LogP contribution in [0.1, 0.15) is 12.1 Å². The van der Waals surface area contributed by atoms with Crippen LogP contribution >= 0.6 is 0 Å². The van der Waals surface area contributed by atoms with Crippen molar-refractivity contribution in [2.24, 2.45) is 10.7 Å². The number of hydrogen-bond acceptors (Lipinski definition) is 8. The molecular formula is C21H28N6O2. The topological polar surface area (TPSA) is 97.9 Å². The first-order chi connectivity index (χ1) is 14.3. The predicted molar refractivity (Wildman–Crippen MR) is 116 cm³/mol. The number of methoxy groups -OCH3 is 1. The monoisotopic (exact) mass is 396 g/mol. The second-order valence-corrected chi connectivity index (χ2v) is 6.58. The van der Waals surface area contributed by atoms with Gasteiger partial charge in [-0.05, 0) is 31.2 Å². The Hall–Kier alpha value is -2.97. The molecule has 154 valence electrons. The van der Waals surface area contributed by atoms with Crippen LogP contribution in [0, 0.1) is 0 Å². The average Bonchev–Trinajstić information content (AvgIpc) is 2.78. The van der Waals surface area contributed by atoms with Crippen molar-refractivity contribution in [3.05, 3.63) is 48.4 Å². The van der Waals surface area contributed by atoms with Crippen LogP contribution in [-0.2, 0) is 4.74 Å². The molecule has 1 aromatic heterocycles. The molecule has 0 atom stereocenters. The number of aliphatic imine (C=N–C) groups is 1. The van der Waals surface area contributed by atoms with Crippen molar-refractivity contribution in [2.75, 3.05) is 51.8 Å². The van der Waals surface area contributed by atoms with Crippen molar-refractivity contribution in [1.29, 1.82) is 0 Å². The van der Waals surface area contributed by atoms with E-state index in [4.69, 9.17) is 15.2 Å². The maximum absolute atomic E-state index is 5.80. The van der Waals surface area contributed by atoms with Crippen molar-refractivity contribution in [3.63, 3.8) is 0 Å². The van der Waals surface area contributed by atoms with Gasteiger partial charge in [0.15, 0.2) is 0 Å². The van der Waals surface area contributed by atoms with Gasteiger partial charge in [-0.15, -0.1) is 0 Å². The highest BCUT2D eigenvalue weighted by molar-refractivity contribution is 6.09. The summed E-state index contributed by atoms with van der Waals surface area (Å²) in [6.45, 7) is 5.50. The van der Waals surface area contributed by atoms with E-state index in [9.17, 15) is 0 Å². The zero-order chi connectivity index (χ0) is 20.3. The molecule has 0 aliphatic carbocycles. The Morgan fingerprint density at radius 1 is 1.34 bits per heavy atom. The standard InChI is InChI=1S/C21H28N6O2/c1-28-19-5-2-4-18(14-19)25-16-17(15-22)20-6-8-24-21(26-20)23-7-3-9-27-10-12-29-13-11-27/h2,4-6,8,14-16H,3,7,9-13,22H2,1H3,(H,23,24,26). The van der Waals surface area contributed by atoms with Crippen LogP contribution < -0.4 is 15.8 Å². The lowest BCUT2D eigenvalue weighted by Gasteiger charge is -2.26. The Kier molecular flexibility index (Phi) is 7.97. The van der Waals surface area contributed by atoms with Crippen molar-refractivity contribution in [2.45, 2.75) is 6.42 Å². The molecular weight excluding hydrogens is 368 g/mol. The van der Waals surface area contributed by atoms with E-state index in [0.29, 0.717) is 17.2 Å². The minimum atomic E-state index is 0.582. The highest BCUT2D eigenvalue weighted by atomic mass is 16.5. The fraction of sp³-hybridized carbons (Fsp3) is 0.381. The van der Waals surface area contributed by atoms with Gasteiger partial charge < -0.3 is 20.5 Å². The number of rotatable bonds is 9. The van der Waals surface area contributed by atoms with E-state index in [1.165, 1.54) is 6.20 Å². The number of benzene rings is 1. The summed E-state index contributed by atoms with van der Waals surface area (Å²) < 4.78 is 10.6. The Morgan fingerprint density at radius 3 is 3.00 bits per heavy atom. The van der Waals surface area contributed by atoms with Gasteiger partial charge in [0.1, 0.15) is 5.75 Å². The molecule has 29 heavy (non-hydrogen) atoms. The number of aromatic nitrogens is 2. The summed E-state index contributed by atoms with van der Waals surface area (Å²) in [7, 11) is 1.63. The number of nitrogens with zero attached hydrogens (tertiary/aromatic N) is 4. The molecule has 0 saturated carbocycles. The third kappa shape index (κ3) is 6.55. The first-order valence-electron chi connectivity index (χ1n) is 9.76. The summed E-state index contributed by atoms with van der Waals surface area (Å²) >= 11 is 0. The molecule has 1 saturated heterocycles. The number of ether oxygens (including phenoxy) is 2. The largest absolute Gasteiger partial charge is 0.497 e. The third-order valence-electron chi connectivity index (χ3n) is 4.57. The van der Waals surface area contributed by atoms with Crippen LogP contribution in [0.5, 0.6) is 5.75 Å². The van der Waals surface area contributed by atoms with E-state index in [1.807, 2.05) is 30.3 Å². The van der Waals surface area contributed by atoms with Gasteiger partial charge in [-0.25, -0.2) is 9.97 Å². The molecule has 1 aromatic carbocycles. The summed E-state index contributed by atoms with van der Waals surface area (Å²) in [5, 5.41) is 3.28. The minimum absolute atomic E-state index is 0.582.